The van der Waals surface area contributed by atoms with Gasteiger partial charge < -0.3 is 15.4 Å². The van der Waals surface area contributed by atoms with Gasteiger partial charge in [-0.15, -0.1) is 0 Å². The summed E-state index contributed by atoms with van der Waals surface area (Å²) in [7, 11) is 5.02. The molecule has 3 nitrogen and oxygen atoms in total. The molecule has 0 aliphatic rings. The van der Waals surface area contributed by atoms with Gasteiger partial charge in [-0.25, -0.2) is 4.39 Å². The largest absolute Gasteiger partial charge is 0.495 e. The molecule has 0 unspecified atom stereocenters. The van der Waals surface area contributed by atoms with E-state index in [0.717, 1.165) is 0 Å². The van der Waals surface area contributed by atoms with E-state index in [1.807, 2.05) is 0 Å². The number of methoxy groups -OCH3 is 1. The van der Waals surface area contributed by atoms with Crippen LogP contribution in [-0.2, 0) is 0 Å². The maximum atomic E-state index is 13.2. The molecule has 72 valence electrons. The first-order valence-corrected chi connectivity index (χ1v) is 3.86. The number of hydrogen-bond acceptors (Lipinski definition) is 3. The summed E-state index contributed by atoms with van der Waals surface area (Å²) in [6, 6.07) is 2.83. The van der Waals surface area contributed by atoms with Gasteiger partial charge in [0.1, 0.15) is 11.6 Å². The topological polar surface area (TPSA) is 38.5 Å². The van der Waals surface area contributed by atoms with Crippen LogP contribution < -0.4 is 15.4 Å². The predicted molar refractivity (Wildman–Crippen MR) is 51.7 cm³/mol. The lowest BCUT2D eigenvalue weighted by atomic mass is 10.2. The Morgan fingerprint density at radius 3 is 2.46 bits per heavy atom. The molecule has 0 bridgehead atoms. The van der Waals surface area contributed by atoms with E-state index < -0.39 is 0 Å². The first-order valence-electron chi connectivity index (χ1n) is 3.86. The van der Waals surface area contributed by atoms with Crippen molar-refractivity contribution in [3.8, 4) is 5.75 Å². The highest BCUT2D eigenvalue weighted by atomic mass is 19.1. The van der Waals surface area contributed by atoms with Crippen molar-refractivity contribution in [2.45, 2.75) is 0 Å². The molecular formula is C9H13FN2O. The zero-order valence-corrected chi connectivity index (χ0v) is 7.97. The first-order chi connectivity index (χ1) is 6.06. The second-order valence-corrected chi connectivity index (χ2v) is 2.94. The third-order valence-corrected chi connectivity index (χ3v) is 1.78. The molecule has 0 atom stereocenters. The number of rotatable bonds is 2. The van der Waals surface area contributed by atoms with Crippen molar-refractivity contribution in [3.63, 3.8) is 0 Å². The lowest BCUT2D eigenvalue weighted by molar-refractivity contribution is 0.416. The highest BCUT2D eigenvalue weighted by Gasteiger charge is 2.09. The summed E-state index contributed by atoms with van der Waals surface area (Å²) in [5.41, 5.74) is 6.29. The molecule has 0 saturated carbocycles. The van der Waals surface area contributed by atoms with Crippen LogP contribution in [0.1, 0.15) is 0 Å². The van der Waals surface area contributed by atoms with Crippen molar-refractivity contribution in [3.05, 3.63) is 17.9 Å². The molecule has 0 amide bonds. The molecule has 0 heterocycles. The molecule has 4 heteroatoms. The van der Waals surface area contributed by atoms with E-state index in [4.69, 9.17) is 10.5 Å². The summed E-state index contributed by atoms with van der Waals surface area (Å²) in [5, 5.41) is 0. The van der Waals surface area contributed by atoms with Crippen molar-refractivity contribution < 1.29 is 9.13 Å². The second kappa shape index (κ2) is 3.51. The van der Waals surface area contributed by atoms with E-state index in [1.54, 1.807) is 25.1 Å². The number of ether oxygens (including phenoxy) is 1. The smallest absolute Gasteiger partial charge is 0.148 e. The highest BCUT2D eigenvalue weighted by Crippen LogP contribution is 2.29. The molecule has 0 spiro atoms. The molecule has 2 N–H and O–H groups in total. The Bertz CT molecular complexity index is 313. The molecule has 1 rings (SSSR count). The Morgan fingerprint density at radius 1 is 1.38 bits per heavy atom. The summed E-state index contributed by atoms with van der Waals surface area (Å²) in [5.74, 6) is 0.147. The molecular weight excluding hydrogens is 171 g/mol. The summed E-state index contributed by atoms with van der Waals surface area (Å²) >= 11 is 0. The Balaban J connectivity index is 3.22. The van der Waals surface area contributed by atoms with E-state index in [1.165, 1.54) is 13.2 Å². The van der Waals surface area contributed by atoms with Crippen molar-refractivity contribution in [2.75, 3.05) is 31.8 Å². The summed E-state index contributed by atoms with van der Waals surface area (Å²) in [6.45, 7) is 0. The minimum atomic E-state index is -0.344. The van der Waals surface area contributed by atoms with Crippen LogP contribution in [0.25, 0.3) is 0 Å². The zero-order valence-electron chi connectivity index (χ0n) is 7.97. The number of halogens is 1. The van der Waals surface area contributed by atoms with Crippen LogP contribution in [0.4, 0.5) is 15.8 Å². The molecule has 0 aliphatic heterocycles. The second-order valence-electron chi connectivity index (χ2n) is 2.94. The van der Waals surface area contributed by atoms with Gasteiger partial charge in [0.25, 0.3) is 0 Å². The van der Waals surface area contributed by atoms with E-state index in [0.29, 0.717) is 17.1 Å². The maximum absolute atomic E-state index is 13.2. The summed E-state index contributed by atoms with van der Waals surface area (Å²) < 4.78 is 18.2. The summed E-state index contributed by atoms with van der Waals surface area (Å²) in [6.07, 6.45) is 0. The molecule has 0 radical (unpaired) electrons. The van der Waals surface area contributed by atoms with E-state index >= 15 is 0 Å². The minimum absolute atomic E-state index is 0.311. The molecule has 0 saturated heterocycles. The number of nitrogens with two attached hydrogens (primary N) is 1. The maximum Gasteiger partial charge on any atom is 0.148 e. The van der Waals surface area contributed by atoms with Crippen LogP contribution in [0.3, 0.4) is 0 Å². The zero-order chi connectivity index (χ0) is 10.0. The van der Waals surface area contributed by atoms with Gasteiger partial charge in [0.05, 0.1) is 18.5 Å². The van der Waals surface area contributed by atoms with E-state index in [2.05, 4.69) is 0 Å². The third kappa shape index (κ3) is 1.83. The van der Waals surface area contributed by atoms with Crippen molar-refractivity contribution in [1.29, 1.82) is 0 Å². The van der Waals surface area contributed by atoms with Gasteiger partial charge in [-0.05, 0) is 0 Å². The average molecular weight is 184 g/mol. The number of nitrogen functional groups attached to an aromatic ring is 1. The standard InChI is InChI=1S/C9H13FN2O/c1-12(2)8-5-9(13-3)7(11)4-6(8)10/h4-5H,11H2,1-3H3. The van der Waals surface area contributed by atoms with Crippen molar-refractivity contribution in [2.24, 2.45) is 0 Å². The van der Waals surface area contributed by atoms with Crippen LogP contribution in [0.15, 0.2) is 12.1 Å². The molecule has 0 fully saturated rings. The van der Waals surface area contributed by atoms with Gasteiger partial charge >= 0.3 is 0 Å². The predicted octanol–water partition coefficient (Wildman–Crippen LogP) is 1.48. The molecule has 0 aromatic heterocycles. The number of hydrogen-bond donors (Lipinski definition) is 1. The molecule has 0 aliphatic carbocycles. The van der Waals surface area contributed by atoms with Crippen molar-refractivity contribution in [1.82, 2.24) is 0 Å². The van der Waals surface area contributed by atoms with Gasteiger partial charge in [-0.2, -0.15) is 0 Å². The highest BCUT2D eigenvalue weighted by molar-refractivity contribution is 5.62. The first kappa shape index (κ1) is 9.64. The van der Waals surface area contributed by atoms with E-state index in [9.17, 15) is 4.39 Å². The van der Waals surface area contributed by atoms with Gasteiger partial charge in [0.15, 0.2) is 0 Å². The van der Waals surface area contributed by atoms with Crippen LogP contribution in [0.2, 0.25) is 0 Å². The lowest BCUT2D eigenvalue weighted by Gasteiger charge is -2.15. The van der Waals surface area contributed by atoms with Crippen LogP contribution >= 0.6 is 0 Å². The van der Waals surface area contributed by atoms with Crippen molar-refractivity contribution >= 4 is 11.4 Å². The Labute approximate surface area is 76.9 Å². The molecule has 1 aromatic rings. The lowest BCUT2D eigenvalue weighted by Crippen LogP contribution is -2.11. The van der Waals surface area contributed by atoms with Crippen LogP contribution in [-0.4, -0.2) is 21.2 Å². The number of anilines is 2. The van der Waals surface area contributed by atoms with Gasteiger partial charge in [0, 0.05) is 26.2 Å². The number of nitrogens with zero attached hydrogens (tertiary/aromatic N) is 1. The van der Waals surface area contributed by atoms with Gasteiger partial charge in [-0.3, -0.25) is 0 Å². The average Bonchev–Trinajstić information content (AvgIpc) is 2.03. The van der Waals surface area contributed by atoms with E-state index in [-0.39, 0.29) is 5.82 Å². The number of benzene rings is 1. The Hall–Kier alpha value is -1.45. The molecule has 1 aromatic carbocycles. The van der Waals surface area contributed by atoms with Crippen LogP contribution in [0.5, 0.6) is 5.75 Å². The Kier molecular flexibility index (Phi) is 2.60. The van der Waals surface area contributed by atoms with Gasteiger partial charge in [0.2, 0.25) is 0 Å². The third-order valence-electron chi connectivity index (χ3n) is 1.78. The quantitative estimate of drug-likeness (QED) is 0.707. The Morgan fingerprint density at radius 2 is 2.00 bits per heavy atom. The SMILES string of the molecule is COc1cc(N(C)C)c(F)cc1N. The fourth-order valence-corrected chi connectivity index (χ4v) is 1.08. The summed E-state index contributed by atoms with van der Waals surface area (Å²) in [4.78, 5) is 1.66. The minimum Gasteiger partial charge on any atom is -0.495 e. The fourth-order valence-electron chi connectivity index (χ4n) is 1.08. The monoisotopic (exact) mass is 184 g/mol. The molecule has 13 heavy (non-hydrogen) atoms. The van der Waals surface area contributed by atoms with Crippen LogP contribution in [0, 0.1) is 5.82 Å². The fraction of sp³-hybridized carbons (Fsp3) is 0.333. The van der Waals surface area contributed by atoms with Gasteiger partial charge in [-0.1, -0.05) is 0 Å². The normalized spacial score (nSPS) is 9.85.